The second kappa shape index (κ2) is 19.0. The fourth-order valence-electron chi connectivity index (χ4n) is 5.09. The van der Waals surface area contributed by atoms with Crippen molar-refractivity contribution in [3.63, 3.8) is 0 Å². The number of phenolic OH excluding ortho intramolecular Hbond substituents is 1. The van der Waals surface area contributed by atoms with Crippen LogP contribution in [0.2, 0.25) is 0 Å². The molecule has 6 nitrogen and oxygen atoms in total. The lowest BCUT2D eigenvalue weighted by atomic mass is 9.76. The molecular weight excluding hydrogens is 504 g/mol. The number of aromatic hydroxyl groups is 1. The first-order valence-corrected chi connectivity index (χ1v) is 15.8. The average molecular weight is 563 g/mol. The van der Waals surface area contributed by atoms with Gasteiger partial charge in [-0.1, -0.05) is 92.9 Å². The fourth-order valence-corrected chi connectivity index (χ4v) is 5.09. The van der Waals surface area contributed by atoms with Gasteiger partial charge in [0.15, 0.2) is 0 Å². The molecule has 0 aromatic heterocycles. The van der Waals surface area contributed by atoms with Crippen LogP contribution < -0.4 is 4.74 Å². The van der Waals surface area contributed by atoms with Crippen molar-refractivity contribution in [2.45, 2.75) is 149 Å². The van der Waals surface area contributed by atoms with E-state index in [9.17, 15) is 14.7 Å². The Balaban J connectivity index is 2.79. The standard InChI is InChI=1S/C34H58O6/c1-8-11-13-15-16-18-23-40-32(37)26-34(6,7)28-24-29(35)27(25-30(28)38-10-3)33(4,5)21-19-20-31(36)39-22-17-14-12-9-2/h24-25,35H,8-23,26H2,1-7H3. The van der Waals surface area contributed by atoms with Crippen LogP contribution in [0.25, 0.3) is 0 Å². The second-order valence-electron chi connectivity index (χ2n) is 12.4. The Morgan fingerprint density at radius 1 is 0.700 bits per heavy atom. The number of ether oxygens (including phenoxy) is 3. The Morgan fingerprint density at radius 2 is 1.25 bits per heavy atom. The average Bonchev–Trinajstić information content (AvgIpc) is 2.88. The second-order valence-corrected chi connectivity index (χ2v) is 12.4. The third-order valence-electron chi connectivity index (χ3n) is 7.65. The zero-order valence-electron chi connectivity index (χ0n) is 26.7. The Bertz CT molecular complexity index is 873. The first-order valence-electron chi connectivity index (χ1n) is 15.8. The summed E-state index contributed by atoms with van der Waals surface area (Å²) in [6.07, 6.45) is 13.1. The van der Waals surface area contributed by atoms with Crippen molar-refractivity contribution >= 4 is 11.9 Å². The molecule has 40 heavy (non-hydrogen) atoms. The van der Waals surface area contributed by atoms with E-state index in [2.05, 4.69) is 27.7 Å². The van der Waals surface area contributed by atoms with Crippen LogP contribution in [0.1, 0.15) is 149 Å². The van der Waals surface area contributed by atoms with Crippen LogP contribution >= 0.6 is 0 Å². The predicted octanol–water partition coefficient (Wildman–Crippen LogP) is 8.93. The van der Waals surface area contributed by atoms with E-state index in [1.165, 1.54) is 25.7 Å². The van der Waals surface area contributed by atoms with Gasteiger partial charge in [0, 0.05) is 23.0 Å². The van der Waals surface area contributed by atoms with Gasteiger partial charge < -0.3 is 19.3 Å². The Labute approximate surface area is 244 Å². The lowest BCUT2D eigenvalue weighted by Gasteiger charge is -2.31. The SMILES string of the molecule is CCCCCCCCOC(=O)CC(C)(C)c1cc(O)c(C(C)(C)CCCC(=O)OCCCCCC)cc1OCC. The zero-order valence-corrected chi connectivity index (χ0v) is 26.7. The summed E-state index contributed by atoms with van der Waals surface area (Å²) >= 11 is 0. The summed E-state index contributed by atoms with van der Waals surface area (Å²) < 4.78 is 16.9. The van der Waals surface area contributed by atoms with E-state index in [1.54, 1.807) is 6.07 Å². The molecule has 0 heterocycles. The minimum atomic E-state index is -0.580. The quantitative estimate of drug-likeness (QED) is 0.112. The number of unbranched alkanes of at least 4 members (excludes halogenated alkanes) is 8. The van der Waals surface area contributed by atoms with Crippen molar-refractivity contribution in [1.29, 1.82) is 0 Å². The predicted molar refractivity (Wildman–Crippen MR) is 163 cm³/mol. The number of hydrogen-bond donors (Lipinski definition) is 1. The molecule has 0 saturated heterocycles. The highest BCUT2D eigenvalue weighted by Crippen LogP contribution is 2.43. The van der Waals surface area contributed by atoms with E-state index in [0.717, 1.165) is 49.7 Å². The molecule has 1 N–H and O–H groups in total. The van der Waals surface area contributed by atoms with Gasteiger partial charge in [-0.15, -0.1) is 0 Å². The molecule has 0 spiro atoms. The molecule has 1 aromatic carbocycles. The van der Waals surface area contributed by atoms with E-state index in [-0.39, 0.29) is 29.5 Å². The van der Waals surface area contributed by atoms with E-state index < -0.39 is 5.41 Å². The van der Waals surface area contributed by atoms with Crippen molar-refractivity contribution in [2.24, 2.45) is 0 Å². The fraction of sp³-hybridized carbons (Fsp3) is 0.765. The number of esters is 2. The maximum absolute atomic E-state index is 12.7. The van der Waals surface area contributed by atoms with Gasteiger partial charge in [-0.25, -0.2) is 0 Å². The Hall–Kier alpha value is -2.24. The summed E-state index contributed by atoms with van der Waals surface area (Å²) in [5, 5.41) is 11.1. The van der Waals surface area contributed by atoms with Gasteiger partial charge in [-0.3, -0.25) is 9.59 Å². The lowest BCUT2D eigenvalue weighted by Crippen LogP contribution is -2.25. The number of phenols is 1. The normalized spacial score (nSPS) is 11.9. The topological polar surface area (TPSA) is 82.1 Å². The van der Waals surface area contributed by atoms with Gasteiger partial charge in [-0.05, 0) is 50.2 Å². The van der Waals surface area contributed by atoms with Crippen molar-refractivity contribution in [1.82, 2.24) is 0 Å². The van der Waals surface area contributed by atoms with Crippen molar-refractivity contribution in [2.75, 3.05) is 19.8 Å². The molecule has 0 radical (unpaired) electrons. The third kappa shape index (κ3) is 13.4. The maximum atomic E-state index is 12.7. The molecule has 0 amide bonds. The minimum Gasteiger partial charge on any atom is -0.508 e. The first kappa shape index (κ1) is 35.8. The number of rotatable bonds is 22. The van der Waals surface area contributed by atoms with Crippen LogP contribution in [0.15, 0.2) is 12.1 Å². The molecule has 230 valence electrons. The van der Waals surface area contributed by atoms with Crippen molar-refractivity contribution in [3.05, 3.63) is 23.3 Å². The summed E-state index contributed by atoms with van der Waals surface area (Å²) in [5.41, 5.74) is 0.600. The molecule has 0 atom stereocenters. The van der Waals surface area contributed by atoms with E-state index in [0.29, 0.717) is 44.8 Å². The van der Waals surface area contributed by atoms with Gasteiger partial charge in [0.05, 0.1) is 26.2 Å². The number of benzene rings is 1. The molecule has 1 aromatic rings. The van der Waals surface area contributed by atoms with E-state index in [1.807, 2.05) is 26.8 Å². The lowest BCUT2D eigenvalue weighted by molar-refractivity contribution is -0.145. The molecule has 0 bridgehead atoms. The van der Waals surface area contributed by atoms with Gasteiger partial charge in [-0.2, -0.15) is 0 Å². The molecular formula is C34H58O6. The summed E-state index contributed by atoms with van der Waals surface area (Å²) in [6.45, 7) is 15.8. The largest absolute Gasteiger partial charge is 0.508 e. The van der Waals surface area contributed by atoms with E-state index in [4.69, 9.17) is 14.2 Å². The van der Waals surface area contributed by atoms with Crippen LogP contribution in [0.3, 0.4) is 0 Å². The van der Waals surface area contributed by atoms with Gasteiger partial charge in [0.25, 0.3) is 0 Å². The van der Waals surface area contributed by atoms with Crippen LogP contribution in [-0.2, 0) is 29.9 Å². The Morgan fingerprint density at radius 3 is 1.85 bits per heavy atom. The third-order valence-corrected chi connectivity index (χ3v) is 7.65. The van der Waals surface area contributed by atoms with Crippen LogP contribution in [0.5, 0.6) is 11.5 Å². The molecule has 0 unspecified atom stereocenters. The number of carbonyl (C=O) groups excluding carboxylic acids is 2. The van der Waals surface area contributed by atoms with Crippen LogP contribution in [0, 0.1) is 0 Å². The smallest absolute Gasteiger partial charge is 0.306 e. The maximum Gasteiger partial charge on any atom is 0.306 e. The molecule has 0 fully saturated rings. The van der Waals surface area contributed by atoms with Crippen LogP contribution in [-0.4, -0.2) is 36.9 Å². The van der Waals surface area contributed by atoms with Gasteiger partial charge in [0.1, 0.15) is 11.5 Å². The highest BCUT2D eigenvalue weighted by Gasteiger charge is 2.32. The first-order chi connectivity index (χ1) is 19.0. The zero-order chi connectivity index (χ0) is 30.0. The molecule has 0 aliphatic heterocycles. The molecule has 0 aliphatic carbocycles. The molecule has 6 heteroatoms. The summed E-state index contributed by atoms with van der Waals surface area (Å²) in [6, 6.07) is 3.65. The molecule has 0 saturated carbocycles. The van der Waals surface area contributed by atoms with Gasteiger partial charge in [0.2, 0.25) is 0 Å². The van der Waals surface area contributed by atoms with Crippen molar-refractivity contribution < 1.29 is 28.9 Å². The summed E-state index contributed by atoms with van der Waals surface area (Å²) in [4.78, 5) is 24.8. The Kier molecular flexibility index (Phi) is 17.0. The van der Waals surface area contributed by atoms with Crippen molar-refractivity contribution in [3.8, 4) is 11.5 Å². The van der Waals surface area contributed by atoms with Gasteiger partial charge >= 0.3 is 11.9 Å². The molecule has 0 aliphatic rings. The molecule has 1 rings (SSSR count). The number of carbonyl (C=O) groups is 2. The van der Waals surface area contributed by atoms with E-state index >= 15 is 0 Å². The monoisotopic (exact) mass is 562 g/mol. The number of hydrogen-bond acceptors (Lipinski definition) is 6. The highest BCUT2D eigenvalue weighted by atomic mass is 16.5. The summed E-state index contributed by atoms with van der Waals surface area (Å²) in [5.74, 6) is 0.452. The highest BCUT2D eigenvalue weighted by molar-refractivity contribution is 5.72. The minimum absolute atomic E-state index is 0.160. The van der Waals surface area contributed by atoms with Crippen LogP contribution in [0.4, 0.5) is 0 Å². The summed E-state index contributed by atoms with van der Waals surface area (Å²) in [7, 11) is 0.